The molecule has 0 aliphatic rings. The van der Waals surface area contributed by atoms with Crippen LogP contribution in [0.4, 0.5) is 18.9 Å². The molecule has 3 aromatic heterocycles. The summed E-state index contributed by atoms with van der Waals surface area (Å²) in [6.07, 6.45) is 1.09. The molecule has 1 amide bonds. The van der Waals surface area contributed by atoms with Crippen molar-refractivity contribution in [2.24, 2.45) is 0 Å². The largest absolute Gasteiger partial charge is 0.485 e. The Labute approximate surface area is 174 Å². The number of anilines is 1. The van der Waals surface area contributed by atoms with E-state index in [9.17, 15) is 18.0 Å². The van der Waals surface area contributed by atoms with Crippen LogP contribution in [0.15, 0.2) is 30.5 Å². The lowest BCUT2D eigenvalue weighted by Crippen LogP contribution is -2.16. The van der Waals surface area contributed by atoms with E-state index in [-0.39, 0.29) is 22.7 Å². The molecule has 160 valence electrons. The zero-order valence-corrected chi connectivity index (χ0v) is 16.9. The molecular weight excluding hydrogens is 411 g/mol. The van der Waals surface area contributed by atoms with Gasteiger partial charge < -0.3 is 10.1 Å². The Hall–Kier alpha value is -3.82. The number of nitrogens with zero attached hydrogens (tertiary/aromatic N) is 3. The van der Waals surface area contributed by atoms with Gasteiger partial charge >= 0.3 is 0 Å². The lowest BCUT2D eigenvalue weighted by Gasteiger charge is -2.10. The van der Waals surface area contributed by atoms with Crippen LogP contribution in [0.3, 0.4) is 0 Å². The molecule has 7 nitrogen and oxygen atoms in total. The lowest BCUT2D eigenvalue weighted by molar-refractivity contribution is 0.102. The second kappa shape index (κ2) is 7.78. The van der Waals surface area contributed by atoms with E-state index in [1.165, 1.54) is 10.5 Å². The van der Waals surface area contributed by atoms with Crippen molar-refractivity contribution in [1.82, 2.24) is 19.6 Å². The molecule has 0 saturated heterocycles. The number of pyridine rings is 1. The van der Waals surface area contributed by atoms with Crippen molar-refractivity contribution in [1.29, 1.82) is 0 Å². The van der Waals surface area contributed by atoms with Gasteiger partial charge in [0.15, 0.2) is 11.4 Å². The number of hydrogen-bond acceptors (Lipinski definition) is 4. The van der Waals surface area contributed by atoms with Gasteiger partial charge in [0.1, 0.15) is 29.8 Å². The number of benzene rings is 1. The second-order valence-electron chi connectivity index (χ2n) is 7.01. The second-order valence-corrected chi connectivity index (χ2v) is 7.01. The minimum absolute atomic E-state index is 0.0551. The zero-order chi connectivity index (χ0) is 22.3. The molecule has 2 N–H and O–H groups in total. The van der Waals surface area contributed by atoms with E-state index >= 15 is 0 Å². The van der Waals surface area contributed by atoms with Gasteiger partial charge in [-0.2, -0.15) is 5.10 Å². The van der Waals surface area contributed by atoms with Gasteiger partial charge in [-0.1, -0.05) is 6.07 Å². The third-order valence-corrected chi connectivity index (χ3v) is 4.84. The number of imidazole rings is 1. The predicted molar refractivity (Wildman–Crippen MR) is 107 cm³/mol. The first-order valence-electron chi connectivity index (χ1n) is 9.33. The number of ether oxygens (including phenoxy) is 1. The molecule has 0 aliphatic heterocycles. The number of amides is 1. The van der Waals surface area contributed by atoms with Crippen molar-refractivity contribution in [3.05, 3.63) is 76.3 Å². The van der Waals surface area contributed by atoms with Gasteiger partial charge in [0.2, 0.25) is 0 Å². The maximum absolute atomic E-state index is 14.3. The van der Waals surface area contributed by atoms with E-state index in [0.29, 0.717) is 22.8 Å². The number of H-pyrrole nitrogens is 1. The van der Waals surface area contributed by atoms with Crippen LogP contribution in [0, 0.1) is 38.2 Å². The fraction of sp³-hybridized carbons (Fsp3) is 0.190. The standard InChI is InChI=1S/C21H18F3N5O2/c1-10-18(11(2)28-27-10)26-21(30)19-12(3)25-20-17(7-13(22)8-29(19)20)31-9-14-15(23)5-4-6-16(14)24/h4-8H,9H2,1-3H3,(H,26,30)(H,27,28). The molecular formula is C21H18F3N5O2. The van der Waals surface area contributed by atoms with Crippen LogP contribution in [0.25, 0.3) is 5.65 Å². The third kappa shape index (κ3) is 3.72. The van der Waals surface area contributed by atoms with Gasteiger partial charge in [0.25, 0.3) is 5.91 Å². The van der Waals surface area contributed by atoms with Crippen molar-refractivity contribution >= 4 is 17.2 Å². The molecule has 31 heavy (non-hydrogen) atoms. The highest BCUT2D eigenvalue weighted by Crippen LogP contribution is 2.26. The Morgan fingerprint density at radius 1 is 1.16 bits per heavy atom. The Balaban J connectivity index is 1.71. The Morgan fingerprint density at radius 2 is 1.87 bits per heavy atom. The van der Waals surface area contributed by atoms with E-state index in [2.05, 4.69) is 20.5 Å². The average Bonchev–Trinajstić information content (AvgIpc) is 3.20. The number of aromatic amines is 1. The highest BCUT2D eigenvalue weighted by Gasteiger charge is 2.22. The maximum atomic E-state index is 14.3. The summed E-state index contributed by atoms with van der Waals surface area (Å²) in [7, 11) is 0. The first-order valence-corrected chi connectivity index (χ1v) is 9.33. The van der Waals surface area contributed by atoms with Gasteiger partial charge in [0, 0.05) is 12.3 Å². The first-order chi connectivity index (χ1) is 14.8. The van der Waals surface area contributed by atoms with Gasteiger partial charge in [0.05, 0.1) is 28.3 Å². The van der Waals surface area contributed by atoms with Gasteiger partial charge in [-0.25, -0.2) is 18.2 Å². The number of fused-ring (bicyclic) bond motifs is 1. The summed E-state index contributed by atoms with van der Waals surface area (Å²) < 4.78 is 48.8. The molecule has 4 aromatic rings. The fourth-order valence-corrected chi connectivity index (χ4v) is 3.30. The minimum atomic E-state index is -0.780. The molecule has 10 heteroatoms. The number of aromatic nitrogens is 4. The van der Waals surface area contributed by atoms with Gasteiger partial charge in [-0.3, -0.25) is 14.3 Å². The third-order valence-electron chi connectivity index (χ3n) is 4.84. The summed E-state index contributed by atoms with van der Waals surface area (Å²) in [6, 6.07) is 4.49. The van der Waals surface area contributed by atoms with Crippen molar-refractivity contribution in [2.45, 2.75) is 27.4 Å². The molecule has 0 saturated carbocycles. The van der Waals surface area contributed by atoms with Crippen LogP contribution in [0.2, 0.25) is 0 Å². The number of halogens is 3. The highest BCUT2D eigenvalue weighted by atomic mass is 19.1. The van der Waals surface area contributed by atoms with E-state index < -0.39 is 30.0 Å². The van der Waals surface area contributed by atoms with Crippen molar-refractivity contribution in [3.8, 4) is 5.75 Å². The Bertz CT molecular complexity index is 1270. The topological polar surface area (TPSA) is 84.3 Å². The minimum Gasteiger partial charge on any atom is -0.485 e. The van der Waals surface area contributed by atoms with Crippen LogP contribution in [0.1, 0.15) is 33.1 Å². The first kappa shape index (κ1) is 20.5. The van der Waals surface area contributed by atoms with Crippen LogP contribution < -0.4 is 10.1 Å². The quantitative estimate of drug-likeness (QED) is 0.497. The molecule has 3 heterocycles. The summed E-state index contributed by atoms with van der Waals surface area (Å²) in [5, 5.41) is 9.55. The van der Waals surface area contributed by atoms with E-state index in [1.54, 1.807) is 20.8 Å². The number of carbonyl (C=O) groups is 1. The zero-order valence-electron chi connectivity index (χ0n) is 16.9. The molecule has 0 fully saturated rings. The Kier molecular flexibility index (Phi) is 5.14. The van der Waals surface area contributed by atoms with Crippen LogP contribution in [-0.4, -0.2) is 25.5 Å². The summed E-state index contributed by atoms with van der Waals surface area (Å²) in [6.45, 7) is 4.60. The van der Waals surface area contributed by atoms with Crippen molar-refractivity contribution in [2.75, 3.05) is 5.32 Å². The van der Waals surface area contributed by atoms with Gasteiger partial charge in [-0.15, -0.1) is 0 Å². The smallest absolute Gasteiger partial charge is 0.274 e. The van der Waals surface area contributed by atoms with Crippen LogP contribution in [-0.2, 0) is 6.61 Å². The lowest BCUT2D eigenvalue weighted by atomic mass is 10.2. The molecule has 0 radical (unpaired) electrons. The summed E-state index contributed by atoms with van der Waals surface area (Å²) in [5.74, 6) is -2.84. The molecule has 0 bridgehead atoms. The van der Waals surface area contributed by atoms with Crippen LogP contribution in [0.5, 0.6) is 5.75 Å². The number of carbonyl (C=O) groups excluding carboxylic acids is 1. The summed E-state index contributed by atoms with van der Waals surface area (Å²) in [5.41, 5.74) is 2.04. The van der Waals surface area contributed by atoms with E-state index in [1.807, 2.05) is 0 Å². The predicted octanol–water partition coefficient (Wildman–Crippen LogP) is 4.23. The van der Waals surface area contributed by atoms with Gasteiger partial charge in [-0.05, 0) is 32.9 Å². The molecule has 1 aromatic carbocycles. The maximum Gasteiger partial charge on any atom is 0.274 e. The van der Waals surface area contributed by atoms with Crippen LogP contribution >= 0.6 is 0 Å². The molecule has 0 spiro atoms. The van der Waals surface area contributed by atoms with E-state index in [4.69, 9.17) is 4.74 Å². The highest BCUT2D eigenvalue weighted by molar-refractivity contribution is 6.05. The fourth-order valence-electron chi connectivity index (χ4n) is 3.30. The SMILES string of the molecule is Cc1n[nH]c(C)c1NC(=O)c1c(C)nc2c(OCc3c(F)cccc3F)cc(F)cn12. The number of hydrogen-bond donors (Lipinski definition) is 2. The average molecular weight is 429 g/mol. The monoisotopic (exact) mass is 429 g/mol. The van der Waals surface area contributed by atoms with Crippen molar-refractivity contribution < 1.29 is 22.7 Å². The summed E-state index contributed by atoms with van der Waals surface area (Å²) in [4.78, 5) is 17.2. The van der Waals surface area contributed by atoms with Crippen molar-refractivity contribution in [3.63, 3.8) is 0 Å². The Morgan fingerprint density at radius 3 is 2.52 bits per heavy atom. The molecule has 0 unspecified atom stereocenters. The number of rotatable bonds is 5. The summed E-state index contributed by atoms with van der Waals surface area (Å²) >= 11 is 0. The number of nitrogens with one attached hydrogen (secondary N) is 2. The normalized spacial score (nSPS) is 11.2. The molecule has 4 rings (SSSR count). The molecule has 0 atom stereocenters. The van der Waals surface area contributed by atoms with E-state index in [0.717, 1.165) is 24.4 Å². The molecule has 0 aliphatic carbocycles. The number of aryl methyl sites for hydroxylation is 3.